The van der Waals surface area contributed by atoms with E-state index in [9.17, 15) is 4.79 Å². The van der Waals surface area contributed by atoms with Crippen molar-refractivity contribution in [3.05, 3.63) is 53.5 Å². The summed E-state index contributed by atoms with van der Waals surface area (Å²) in [5, 5.41) is 0. The van der Waals surface area contributed by atoms with Crippen LogP contribution in [0.15, 0.2) is 40.8 Å². The van der Waals surface area contributed by atoms with Crippen molar-refractivity contribution in [3.63, 3.8) is 0 Å². The molecule has 1 heterocycles. The van der Waals surface area contributed by atoms with Crippen LogP contribution in [-0.4, -0.2) is 5.91 Å². The fraction of sp³-hybridized carbons (Fsp3) is 0.154. The number of furan rings is 1. The zero-order valence-electron chi connectivity index (χ0n) is 9.97. The first kappa shape index (κ1) is 12.2. The number of nitrogens with two attached hydrogens (primary N) is 1. The van der Waals surface area contributed by atoms with Crippen LogP contribution in [0.4, 0.5) is 0 Å². The lowest BCUT2D eigenvalue weighted by atomic mass is 10.2. The molecule has 1 aromatic heterocycles. The second-order valence-corrected chi connectivity index (χ2v) is 3.76. The van der Waals surface area contributed by atoms with Crippen molar-refractivity contribution < 1.29 is 13.9 Å². The highest BCUT2D eigenvalue weighted by Gasteiger charge is 2.14. The van der Waals surface area contributed by atoms with Gasteiger partial charge in [-0.05, 0) is 25.1 Å². The van der Waals surface area contributed by atoms with Crippen LogP contribution in [0.3, 0.4) is 0 Å². The molecule has 1 amide bonds. The quantitative estimate of drug-likeness (QED) is 0.489. The van der Waals surface area contributed by atoms with E-state index in [1.165, 1.54) is 0 Å². The van der Waals surface area contributed by atoms with Gasteiger partial charge in [0.15, 0.2) is 0 Å². The lowest BCUT2D eigenvalue weighted by molar-refractivity contribution is 0.0952. The standard InChI is InChI=1S/C13H14N2O3/c1-9-12(13(16)15-14)7-11(18-9)8-17-10-5-3-2-4-6-10/h2-7H,8,14H2,1H3,(H,15,16). The van der Waals surface area contributed by atoms with E-state index in [-0.39, 0.29) is 12.5 Å². The number of carbonyl (C=O) groups is 1. The normalized spacial score (nSPS) is 10.1. The van der Waals surface area contributed by atoms with Crippen LogP contribution in [-0.2, 0) is 6.61 Å². The van der Waals surface area contributed by atoms with Gasteiger partial charge in [-0.1, -0.05) is 18.2 Å². The third-order valence-corrected chi connectivity index (χ3v) is 2.47. The van der Waals surface area contributed by atoms with Crippen molar-refractivity contribution in [1.82, 2.24) is 5.43 Å². The van der Waals surface area contributed by atoms with Crippen LogP contribution in [0.1, 0.15) is 21.9 Å². The maximum absolute atomic E-state index is 11.4. The van der Waals surface area contributed by atoms with Crippen molar-refractivity contribution in [2.24, 2.45) is 5.84 Å². The van der Waals surface area contributed by atoms with E-state index >= 15 is 0 Å². The minimum absolute atomic E-state index is 0.267. The van der Waals surface area contributed by atoms with Gasteiger partial charge >= 0.3 is 0 Å². The smallest absolute Gasteiger partial charge is 0.268 e. The molecule has 0 saturated heterocycles. The molecule has 0 aliphatic rings. The Morgan fingerprint density at radius 3 is 2.78 bits per heavy atom. The molecule has 0 fully saturated rings. The number of carbonyl (C=O) groups excluding carboxylic acids is 1. The first-order valence-electron chi connectivity index (χ1n) is 5.49. The van der Waals surface area contributed by atoms with E-state index in [4.69, 9.17) is 15.0 Å². The number of aryl methyl sites for hydroxylation is 1. The van der Waals surface area contributed by atoms with Crippen LogP contribution in [0, 0.1) is 6.92 Å². The molecule has 0 radical (unpaired) electrons. The Balaban J connectivity index is 2.05. The van der Waals surface area contributed by atoms with Crippen LogP contribution in [0.2, 0.25) is 0 Å². The molecule has 94 valence electrons. The first-order valence-corrected chi connectivity index (χ1v) is 5.49. The highest BCUT2D eigenvalue weighted by atomic mass is 16.5. The summed E-state index contributed by atoms with van der Waals surface area (Å²) in [4.78, 5) is 11.4. The van der Waals surface area contributed by atoms with E-state index in [0.717, 1.165) is 5.75 Å². The monoisotopic (exact) mass is 246 g/mol. The summed E-state index contributed by atoms with van der Waals surface area (Å²) in [5.74, 6) is 6.55. The second kappa shape index (κ2) is 5.37. The van der Waals surface area contributed by atoms with Crippen molar-refractivity contribution in [3.8, 4) is 5.75 Å². The highest BCUT2D eigenvalue weighted by molar-refractivity contribution is 5.94. The number of para-hydroxylation sites is 1. The third kappa shape index (κ3) is 2.70. The van der Waals surface area contributed by atoms with Gasteiger partial charge in [-0.3, -0.25) is 10.2 Å². The summed E-state index contributed by atoms with van der Waals surface area (Å²) >= 11 is 0. The molecule has 18 heavy (non-hydrogen) atoms. The maximum atomic E-state index is 11.4. The van der Waals surface area contributed by atoms with Gasteiger partial charge in [0.2, 0.25) is 0 Å². The van der Waals surface area contributed by atoms with Gasteiger partial charge in [0.05, 0.1) is 5.56 Å². The lowest BCUT2D eigenvalue weighted by Gasteiger charge is -2.02. The van der Waals surface area contributed by atoms with Gasteiger partial charge < -0.3 is 9.15 Å². The summed E-state index contributed by atoms with van der Waals surface area (Å²) in [7, 11) is 0. The molecule has 0 saturated carbocycles. The highest BCUT2D eigenvalue weighted by Crippen LogP contribution is 2.17. The van der Waals surface area contributed by atoms with Crippen LogP contribution in [0.25, 0.3) is 0 Å². The predicted molar refractivity (Wildman–Crippen MR) is 65.9 cm³/mol. The average molecular weight is 246 g/mol. The van der Waals surface area contributed by atoms with Crippen LogP contribution >= 0.6 is 0 Å². The average Bonchev–Trinajstić information content (AvgIpc) is 2.78. The fourth-order valence-electron chi connectivity index (χ4n) is 1.59. The Bertz CT molecular complexity index is 534. The van der Waals surface area contributed by atoms with Crippen molar-refractivity contribution in [2.75, 3.05) is 0 Å². The number of hydrogen-bond donors (Lipinski definition) is 2. The molecular weight excluding hydrogens is 232 g/mol. The van der Waals surface area contributed by atoms with Gasteiger partial charge in [0.1, 0.15) is 23.9 Å². The van der Waals surface area contributed by atoms with Crippen LogP contribution in [0.5, 0.6) is 5.75 Å². The van der Waals surface area contributed by atoms with E-state index in [1.54, 1.807) is 13.0 Å². The summed E-state index contributed by atoms with van der Waals surface area (Å²) in [6.07, 6.45) is 0. The number of hydrazine groups is 1. The number of rotatable bonds is 4. The zero-order valence-corrected chi connectivity index (χ0v) is 9.97. The maximum Gasteiger partial charge on any atom is 0.268 e. The van der Waals surface area contributed by atoms with Crippen molar-refractivity contribution in [2.45, 2.75) is 13.5 Å². The van der Waals surface area contributed by atoms with Gasteiger partial charge in [0.25, 0.3) is 5.91 Å². The molecule has 0 spiro atoms. The molecule has 3 N–H and O–H groups in total. The number of benzene rings is 1. The van der Waals surface area contributed by atoms with E-state index in [2.05, 4.69) is 5.43 Å². The Hall–Kier alpha value is -2.27. The summed E-state index contributed by atoms with van der Waals surface area (Å²) in [6, 6.07) is 11.0. The van der Waals surface area contributed by atoms with Crippen molar-refractivity contribution >= 4 is 5.91 Å². The van der Waals surface area contributed by atoms with Gasteiger partial charge in [-0.2, -0.15) is 0 Å². The predicted octanol–water partition coefficient (Wildman–Crippen LogP) is 1.77. The zero-order chi connectivity index (χ0) is 13.0. The molecule has 0 unspecified atom stereocenters. The fourth-order valence-corrected chi connectivity index (χ4v) is 1.59. The van der Waals surface area contributed by atoms with E-state index in [1.807, 2.05) is 30.3 Å². The van der Waals surface area contributed by atoms with Crippen LogP contribution < -0.4 is 16.0 Å². The van der Waals surface area contributed by atoms with Gasteiger partial charge in [-0.25, -0.2) is 5.84 Å². The number of ether oxygens (including phenoxy) is 1. The Labute approximate surface area is 105 Å². The minimum atomic E-state index is -0.373. The Morgan fingerprint density at radius 1 is 1.39 bits per heavy atom. The molecule has 0 aliphatic heterocycles. The lowest BCUT2D eigenvalue weighted by Crippen LogP contribution is -2.30. The molecule has 5 heteroatoms. The molecule has 0 aliphatic carbocycles. The Morgan fingerprint density at radius 2 is 2.11 bits per heavy atom. The van der Waals surface area contributed by atoms with E-state index in [0.29, 0.717) is 17.1 Å². The molecule has 0 bridgehead atoms. The van der Waals surface area contributed by atoms with Gasteiger partial charge in [-0.15, -0.1) is 0 Å². The molecule has 0 atom stereocenters. The topological polar surface area (TPSA) is 77.5 Å². The SMILES string of the molecule is Cc1oc(COc2ccccc2)cc1C(=O)NN. The van der Waals surface area contributed by atoms with Crippen molar-refractivity contribution in [1.29, 1.82) is 0 Å². The van der Waals surface area contributed by atoms with E-state index < -0.39 is 0 Å². The third-order valence-electron chi connectivity index (χ3n) is 2.47. The summed E-state index contributed by atoms with van der Waals surface area (Å²) in [6.45, 7) is 1.97. The second-order valence-electron chi connectivity index (χ2n) is 3.76. The molecular formula is C13H14N2O3. The first-order chi connectivity index (χ1) is 8.70. The Kier molecular flexibility index (Phi) is 3.64. The summed E-state index contributed by atoms with van der Waals surface area (Å²) < 4.78 is 10.9. The number of nitrogens with one attached hydrogen (secondary N) is 1. The molecule has 2 aromatic rings. The minimum Gasteiger partial charge on any atom is -0.486 e. The summed E-state index contributed by atoms with van der Waals surface area (Å²) in [5.41, 5.74) is 2.49. The number of hydrogen-bond acceptors (Lipinski definition) is 4. The largest absolute Gasteiger partial charge is 0.486 e. The number of nitrogen functional groups attached to an aromatic ring is 1. The number of amides is 1. The molecule has 2 rings (SSSR count). The molecule has 1 aromatic carbocycles. The molecule has 5 nitrogen and oxygen atoms in total. The van der Waals surface area contributed by atoms with Gasteiger partial charge in [0, 0.05) is 0 Å².